The number of urea groups is 2. The third kappa shape index (κ3) is 6.49. The summed E-state index contributed by atoms with van der Waals surface area (Å²) in [5.41, 5.74) is 0.540. The lowest BCUT2D eigenvalue weighted by Crippen LogP contribution is -2.47. The van der Waals surface area contributed by atoms with Crippen molar-refractivity contribution in [2.75, 3.05) is 20.2 Å². The van der Waals surface area contributed by atoms with Crippen LogP contribution < -0.4 is 4.72 Å². The van der Waals surface area contributed by atoms with Gasteiger partial charge in [-0.2, -0.15) is 5.26 Å². The van der Waals surface area contributed by atoms with Gasteiger partial charge in [0.15, 0.2) is 0 Å². The number of aliphatic imine (C=N–C) groups is 1. The third-order valence-electron chi connectivity index (χ3n) is 3.59. The second-order valence-corrected chi connectivity index (χ2v) is 6.54. The Bertz CT molecular complexity index is 709. The van der Waals surface area contributed by atoms with Gasteiger partial charge in [-0.25, -0.2) is 14.5 Å². The summed E-state index contributed by atoms with van der Waals surface area (Å²) in [6.07, 6.45) is 0. The molecule has 0 fully saturated rings. The van der Waals surface area contributed by atoms with Crippen molar-refractivity contribution in [1.82, 2.24) is 14.5 Å². The summed E-state index contributed by atoms with van der Waals surface area (Å²) in [7, 11) is 1.37. The highest BCUT2D eigenvalue weighted by Crippen LogP contribution is 2.16. The Morgan fingerprint density at radius 2 is 1.85 bits per heavy atom. The van der Waals surface area contributed by atoms with E-state index in [1.165, 1.54) is 16.9 Å². The number of amidine groups is 1. The van der Waals surface area contributed by atoms with Gasteiger partial charge < -0.3 is 9.64 Å². The van der Waals surface area contributed by atoms with Crippen LogP contribution in [0.25, 0.3) is 0 Å². The fourth-order valence-electron chi connectivity index (χ4n) is 2.14. The Kier molecular flexibility index (Phi) is 9.16. The molecule has 0 heterocycles. The molecule has 0 spiro atoms. The number of methoxy groups -OCH3 is 1. The van der Waals surface area contributed by atoms with Crippen molar-refractivity contribution in [3.8, 4) is 6.07 Å². The van der Waals surface area contributed by atoms with Gasteiger partial charge in [-0.05, 0) is 63.9 Å². The van der Waals surface area contributed by atoms with E-state index in [1.54, 1.807) is 38.1 Å². The Labute approximate surface area is 164 Å². The van der Waals surface area contributed by atoms with Gasteiger partial charge in [0.2, 0.25) is 0 Å². The lowest BCUT2D eigenvalue weighted by atomic mass is 10.2. The summed E-state index contributed by atoms with van der Waals surface area (Å²) in [6, 6.07) is 7.56. The molecular formula is C18H25N5O3S. The quantitative estimate of drug-likeness (QED) is 0.471. The van der Waals surface area contributed by atoms with Crippen molar-refractivity contribution in [3.05, 3.63) is 29.8 Å². The molecule has 1 aromatic carbocycles. The van der Waals surface area contributed by atoms with E-state index < -0.39 is 12.1 Å². The van der Waals surface area contributed by atoms with Crippen LogP contribution in [0.15, 0.2) is 34.2 Å². The van der Waals surface area contributed by atoms with E-state index in [2.05, 4.69) is 9.71 Å². The van der Waals surface area contributed by atoms with E-state index in [9.17, 15) is 9.59 Å². The van der Waals surface area contributed by atoms with Crippen molar-refractivity contribution >= 4 is 30.0 Å². The second-order valence-electron chi connectivity index (χ2n) is 5.66. The van der Waals surface area contributed by atoms with Crippen molar-refractivity contribution in [3.63, 3.8) is 0 Å². The molecule has 1 rings (SSSR count). The molecular weight excluding hydrogens is 366 g/mol. The van der Waals surface area contributed by atoms with Crippen LogP contribution in [0.2, 0.25) is 0 Å². The molecule has 0 unspecified atom stereocenters. The van der Waals surface area contributed by atoms with Gasteiger partial charge in [0, 0.05) is 24.0 Å². The highest BCUT2D eigenvalue weighted by molar-refractivity contribution is 7.98. The zero-order valence-electron chi connectivity index (χ0n) is 16.2. The number of nitrogens with one attached hydrogen (secondary N) is 1. The number of carbonyl (C=O) groups excluding carboxylic acids is 2. The first-order chi connectivity index (χ1) is 12.9. The lowest BCUT2D eigenvalue weighted by molar-refractivity contribution is 0.199. The molecule has 0 atom stereocenters. The lowest BCUT2D eigenvalue weighted by Gasteiger charge is -2.26. The van der Waals surface area contributed by atoms with Crippen LogP contribution in [0.1, 0.15) is 33.3 Å². The maximum Gasteiger partial charge on any atom is 0.348 e. The number of rotatable bonds is 5. The van der Waals surface area contributed by atoms with Crippen molar-refractivity contribution in [2.24, 2.45) is 4.99 Å². The van der Waals surface area contributed by atoms with E-state index in [4.69, 9.17) is 10.00 Å². The molecule has 0 saturated carbocycles. The van der Waals surface area contributed by atoms with Crippen LogP contribution in [-0.4, -0.2) is 54.1 Å². The highest BCUT2D eigenvalue weighted by atomic mass is 32.2. The van der Waals surface area contributed by atoms with E-state index in [0.717, 1.165) is 16.8 Å². The molecule has 27 heavy (non-hydrogen) atoms. The Morgan fingerprint density at radius 3 is 2.30 bits per heavy atom. The maximum atomic E-state index is 12.6. The number of amides is 4. The number of nitriles is 1. The number of carbonyl (C=O) groups is 2. The van der Waals surface area contributed by atoms with E-state index in [-0.39, 0.29) is 12.1 Å². The first kappa shape index (κ1) is 22.3. The number of benzene rings is 1. The SMILES string of the molecule is CCN(CC)C(=O)N=C(OC)N(C(=O)NSc1ccc(C#N)cc1)C(C)C. The van der Waals surface area contributed by atoms with Crippen molar-refractivity contribution in [2.45, 2.75) is 38.6 Å². The van der Waals surface area contributed by atoms with Gasteiger partial charge in [-0.1, -0.05) is 0 Å². The largest absolute Gasteiger partial charge is 0.468 e. The van der Waals surface area contributed by atoms with Gasteiger partial charge in [0.1, 0.15) is 0 Å². The van der Waals surface area contributed by atoms with Crippen LogP contribution in [0.5, 0.6) is 0 Å². The fraction of sp³-hybridized carbons (Fsp3) is 0.444. The first-order valence-electron chi connectivity index (χ1n) is 8.55. The minimum absolute atomic E-state index is 0.0696. The van der Waals surface area contributed by atoms with Gasteiger partial charge in [0.25, 0.3) is 0 Å². The molecule has 0 aliphatic rings. The monoisotopic (exact) mass is 391 g/mol. The molecule has 0 aromatic heterocycles. The highest BCUT2D eigenvalue weighted by Gasteiger charge is 2.25. The molecule has 1 N–H and O–H groups in total. The van der Waals surface area contributed by atoms with Gasteiger partial charge >= 0.3 is 18.1 Å². The first-order valence-corrected chi connectivity index (χ1v) is 9.37. The normalized spacial score (nSPS) is 10.9. The van der Waals surface area contributed by atoms with Crippen LogP contribution in [0, 0.1) is 11.3 Å². The zero-order valence-corrected chi connectivity index (χ0v) is 17.0. The molecule has 0 radical (unpaired) electrons. The molecule has 0 aliphatic heterocycles. The predicted molar refractivity (Wildman–Crippen MR) is 105 cm³/mol. The van der Waals surface area contributed by atoms with Crippen LogP contribution in [-0.2, 0) is 4.74 Å². The second kappa shape index (κ2) is 11.1. The number of ether oxygens (including phenoxy) is 1. The minimum Gasteiger partial charge on any atom is -0.468 e. The molecule has 9 heteroatoms. The van der Waals surface area contributed by atoms with Crippen LogP contribution in [0.4, 0.5) is 9.59 Å². The summed E-state index contributed by atoms with van der Waals surface area (Å²) < 4.78 is 7.91. The molecule has 0 aliphatic carbocycles. The molecule has 4 amide bonds. The summed E-state index contributed by atoms with van der Waals surface area (Å²) in [6.45, 7) is 8.32. The number of nitrogens with zero attached hydrogens (tertiary/aromatic N) is 4. The predicted octanol–water partition coefficient (Wildman–Crippen LogP) is 3.45. The average molecular weight is 391 g/mol. The average Bonchev–Trinajstić information content (AvgIpc) is 2.66. The van der Waals surface area contributed by atoms with Crippen molar-refractivity contribution in [1.29, 1.82) is 5.26 Å². The number of hydrogen-bond acceptors (Lipinski definition) is 5. The third-order valence-corrected chi connectivity index (χ3v) is 4.37. The van der Waals surface area contributed by atoms with Gasteiger partial charge in [-0.15, -0.1) is 4.99 Å². The van der Waals surface area contributed by atoms with Crippen LogP contribution >= 0.6 is 11.9 Å². The summed E-state index contributed by atoms with van der Waals surface area (Å²) >= 11 is 1.10. The zero-order chi connectivity index (χ0) is 20.4. The van der Waals surface area contributed by atoms with Gasteiger partial charge in [0.05, 0.1) is 18.7 Å². The molecule has 1 aromatic rings. The summed E-state index contributed by atoms with van der Waals surface area (Å²) in [5, 5.41) is 8.82. The standard InChI is InChI=1S/C18H25N5O3S/c1-6-22(7-2)16(24)20-18(26-5)23(13(3)4)17(25)21-27-15-10-8-14(12-19)9-11-15/h8-11,13H,6-7H2,1-5H3,(H,21,25). The van der Waals surface area contributed by atoms with Crippen LogP contribution in [0.3, 0.4) is 0 Å². The molecule has 8 nitrogen and oxygen atoms in total. The summed E-state index contributed by atoms with van der Waals surface area (Å²) in [5.74, 6) is 0. The van der Waals surface area contributed by atoms with E-state index >= 15 is 0 Å². The summed E-state index contributed by atoms with van der Waals surface area (Å²) in [4.78, 5) is 32.4. The molecule has 0 bridgehead atoms. The van der Waals surface area contributed by atoms with E-state index in [0.29, 0.717) is 18.7 Å². The fourth-order valence-corrected chi connectivity index (χ4v) is 2.71. The van der Waals surface area contributed by atoms with E-state index in [1.807, 2.05) is 19.9 Å². The van der Waals surface area contributed by atoms with Crippen molar-refractivity contribution < 1.29 is 14.3 Å². The topological polar surface area (TPSA) is 98.0 Å². The van der Waals surface area contributed by atoms with Gasteiger partial charge in [-0.3, -0.25) is 4.72 Å². The Hall–Kier alpha value is -2.73. The Morgan fingerprint density at radius 1 is 1.26 bits per heavy atom. The minimum atomic E-state index is -0.465. The Balaban J connectivity index is 2.91. The number of hydrogen-bond donors (Lipinski definition) is 1. The molecule has 146 valence electrons. The smallest absolute Gasteiger partial charge is 0.348 e. The maximum absolute atomic E-state index is 12.6. The molecule has 0 saturated heterocycles.